The zero-order chi connectivity index (χ0) is 12.1. The minimum Gasteiger partial charge on any atom is -0.348 e. The van der Waals surface area contributed by atoms with Crippen LogP contribution in [0, 0.1) is 12.8 Å². The Bertz CT molecular complexity index is 345. The number of nitrogens with one attached hydrogen (secondary N) is 1. The molecule has 0 bridgehead atoms. The van der Waals surface area contributed by atoms with E-state index in [9.17, 15) is 4.79 Å². The third kappa shape index (κ3) is 3.30. The topological polar surface area (TPSA) is 42.0 Å². The summed E-state index contributed by atoms with van der Waals surface area (Å²) in [6, 6.07) is 0.0121. The molecule has 0 saturated heterocycles. The zero-order valence-electron chi connectivity index (χ0n) is 10.4. The molecule has 1 amide bonds. The first-order chi connectivity index (χ1) is 7.58. The van der Waals surface area contributed by atoms with Crippen LogP contribution in [0.1, 0.15) is 50.4 Å². The van der Waals surface area contributed by atoms with Crippen molar-refractivity contribution in [1.82, 2.24) is 10.3 Å². The number of amides is 1. The molecule has 0 aliphatic heterocycles. The highest BCUT2D eigenvalue weighted by Crippen LogP contribution is 2.17. The van der Waals surface area contributed by atoms with Gasteiger partial charge in [-0.1, -0.05) is 13.8 Å². The molecule has 0 aliphatic rings. The quantitative estimate of drug-likeness (QED) is 0.859. The lowest BCUT2D eigenvalue weighted by Gasteiger charge is -2.16. The number of thiazole rings is 1. The van der Waals surface area contributed by atoms with Crippen LogP contribution in [0.4, 0.5) is 0 Å². The maximum Gasteiger partial charge on any atom is 0.223 e. The summed E-state index contributed by atoms with van der Waals surface area (Å²) in [7, 11) is 0. The third-order valence-electron chi connectivity index (χ3n) is 2.80. The molecule has 90 valence electrons. The van der Waals surface area contributed by atoms with E-state index in [1.807, 2.05) is 33.1 Å². The third-order valence-corrected chi connectivity index (χ3v) is 3.59. The minimum absolute atomic E-state index is 0.0121. The summed E-state index contributed by atoms with van der Waals surface area (Å²) in [5.74, 6) is 0.269. The first-order valence-electron chi connectivity index (χ1n) is 5.80. The Morgan fingerprint density at radius 2 is 2.12 bits per heavy atom. The fraction of sp³-hybridized carbons (Fsp3) is 0.667. The van der Waals surface area contributed by atoms with Crippen molar-refractivity contribution in [3.8, 4) is 0 Å². The van der Waals surface area contributed by atoms with Crippen LogP contribution in [0.2, 0.25) is 0 Å². The smallest absolute Gasteiger partial charge is 0.223 e. The predicted molar refractivity (Wildman–Crippen MR) is 67.5 cm³/mol. The molecule has 1 unspecified atom stereocenters. The highest BCUT2D eigenvalue weighted by molar-refractivity contribution is 7.09. The lowest BCUT2D eigenvalue weighted by Crippen LogP contribution is -2.32. The number of carbonyl (C=O) groups excluding carboxylic acids is 1. The molecule has 0 radical (unpaired) electrons. The number of nitrogens with zero attached hydrogens (tertiary/aromatic N) is 1. The van der Waals surface area contributed by atoms with Gasteiger partial charge in [0.05, 0.1) is 16.7 Å². The van der Waals surface area contributed by atoms with E-state index in [1.165, 1.54) is 0 Å². The van der Waals surface area contributed by atoms with Gasteiger partial charge in [-0.05, 0) is 26.7 Å². The number of hydrogen-bond acceptors (Lipinski definition) is 3. The maximum absolute atomic E-state index is 11.9. The van der Waals surface area contributed by atoms with Crippen LogP contribution < -0.4 is 5.32 Å². The summed E-state index contributed by atoms with van der Waals surface area (Å²) < 4.78 is 0. The summed E-state index contributed by atoms with van der Waals surface area (Å²) in [6.45, 7) is 8.05. The molecule has 1 rings (SSSR count). The second kappa shape index (κ2) is 5.99. The Labute approximate surface area is 101 Å². The Morgan fingerprint density at radius 3 is 2.56 bits per heavy atom. The second-order valence-electron chi connectivity index (χ2n) is 4.04. The maximum atomic E-state index is 11.9. The van der Waals surface area contributed by atoms with Gasteiger partial charge in [0, 0.05) is 11.3 Å². The van der Waals surface area contributed by atoms with Gasteiger partial charge in [-0.2, -0.15) is 0 Å². The van der Waals surface area contributed by atoms with E-state index >= 15 is 0 Å². The average molecular weight is 240 g/mol. The molecule has 1 N–H and O–H groups in total. The normalized spacial score (nSPS) is 12.8. The molecule has 0 spiro atoms. The fourth-order valence-electron chi connectivity index (χ4n) is 1.64. The van der Waals surface area contributed by atoms with Crippen LogP contribution in [-0.4, -0.2) is 10.9 Å². The van der Waals surface area contributed by atoms with Crippen molar-refractivity contribution in [1.29, 1.82) is 0 Å². The van der Waals surface area contributed by atoms with Crippen LogP contribution in [0.15, 0.2) is 5.38 Å². The van der Waals surface area contributed by atoms with Crippen molar-refractivity contribution in [2.24, 2.45) is 5.92 Å². The van der Waals surface area contributed by atoms with Gasteiger partial charge >= 0.3 is 0 Å². The molecule has 1 aromatic rings. The molecule has 16 heavy (non-hydrogen) atoms. The van der Waals surface area contributed by atoms with Crippen LogP contribution >= 0.6 is 11.3 Å². The summed E-state index contributed by atoms with van der Waals surface area (Å²) in [5, 5.41) is 6.06. The molecule has 3 nitrogen and oxygen atoms in total. The Balaban J connectivity index is 2.57. The van der Waals surface area contributed by atoms with Crippen molar-refractivity contribution < 1.29 is 4.79 Å². The van der Waals surface area contributed by atoms with Crippen molar-refractivity contribution in [2.45, 2.75) is 46.6 Å². The van der Waals surface area contributed by atoms with Crippen LogP contribution in [0.5, 0.6) is 0 Å². The first kappa shape index (κ1) is 13.2. The number of aromatic nitrogens is 1. The van der Waals surface area contributed by atoms with E-state index < -0.39 is 0 Å². The van der Waals surface area contributed by atoms with Gasteiger partial charge < -0.3 is 5.32 Å². The van der Waals surface area contributed by atoms with Gasteiger partial charge in [0.1, 0.15) is 0 Å². The molecule has 0 aromatic carbocycles. The summed E-state index contributed by atoms with van der Waals surface area (Å²) in [5.41, 5.74) is 0.960. The number of rotatable bonds is 5. The summed E-state index contributed by atoms with van der Waals surface area (Å²) in [4.78, 5) is 16.2. The summed E-state index contributed by atoms with van der Waals surface area (Å²) >= 11 is 1.62. The van der Waals surface area contributed by atoms with Gasteiger partial charge in [0.25, 0.3) is 0 Å². The molecule has 1 heterocycles. The molecule has 4 heteroatoms. The first-order valence-corrected chi connectivity index (χ1v) is 6.68. The average Bonchev–Trinajstić information content (AvgIpc) is 2.66. The van der Waals surface area contributed by atoms with Crippen LogP contribution in [-0.2, 0) is 4.79 Å². The molecule has 0 saturated carbocycles. The van der Waals surface area contributed by atoms with E-state index in [-0.39, 0.29) is 17.9 Å². The van der Waals surface area contributed by atoms with E-state index in [4.69, 9.17) is 0 Å². The monoisotopic (exact) mass is 240 g/mol. The standard InChI is InChI=1S/C12H20N2OS/c1-5-10(6-2)12(15)13-8(3)11-7-16-9(4)14-11/h7-8,10H,5-6H2,1-4H3,(H,13,15). The van der Waals surface area contributed by atoms with Gasteiger partial charge in [-0.25, -0.2) is 4.98 Å². The van der Waals surface area contributed by atoms with Crippen LogP contribution in [0.25, 0.3) is 0 Å². The van der Waals surface area contributed by atoms with Gasteiger partial charge in [-0.3, -0.25) is 4.79 Å². The molecular weight excluding hydrogens is 220 g/mol. The minimum atomic E-state index is 0.0121. The highest BCUT2D eigenvalue weighted by Gasteiger charge is 2.18. The summed E-state index contributed by atoms with van der Waals surface area (Å²) in [6.07, 6.45) is 1.79. The molecule has 0 aliphatic carbocycles. The van der Waals surface area contributed by atoms with Crippen molar-refractivity contribution in [2.75, 3.05) is 0 Å². The number of carbonyl (C=O) groups is 1. The van der Waals surface area contributed by atoms with Crippen molar-refractivity contribution in [3.63, 3.8) is 0 Å². The highest BCUT2D eigenvalue weighted by atomic mass is 32.1. The van der Waals surface area contributed by atoms with Gasteiger partial charge in [0.2, 0.25) is 5.91 Å². The van der Waals surface area contributed by atoms with E-state index in [1.54, 1.807) is 11.3 Å². The van der Waals surface area contributed by atoms with E-state index in [0.717, 1.165) is 23.5 Å². The SMILES string of the molecule is CCC(CC)C(=O)NC(C)c1csc(C)n1. The van der Waals surface area contributed by atoms with Gasteiger partial charge in [-0.15, -0.1) is 11.3 Å². The predicted octanol–water partition coefficient (Wildman–Crippen LogP) is 3.06. The molecule has 0 fully saturated rings. The molecular formula is C12H20N2OS. The Hall–Kier alpha value is -0.900. The largest absolute Gasteiger partial charge is 0.348 e. The van der Waals surface area contributed by atoms with Crippen molar-refractivity contribution in [3.05, 3.63) is 16.1 Å². The molecule has 1 atom stereocenters. The van der Waals surface area contributed by atoms with Crippen molar-refractivity contribution >= 4 is 17.2 Å². The van der Waals surface area contributed by atoms with E-state index in [2.05, 4.69) is 10.3 Å². The zero-order valence-corrected chi connectivity index (χ0v) is 11.2. The number of aryl methyl sites for hydroxylation is 1. The Morgan fingerprint density at radius 1 is 1.50 bits per heavy atom. The molecule has 1 aromatic heterocycles. The Kier molecular flexibility index (Phi) is 4.93. The van der Waals surface area contributed by atoms with E-state index in [0.29, 0.717) is 0 Å². The lowest BCUT2D eigenvalue weighted by atomic mass is 10.0. The fourth-order valence-corrected chi connectivity index (χ4v) is 2.35. The van der Waals surface area contributed by atoms with Gasteiger partial charge in [0.15, 0.2) is 0 Å². The second-order valence-corrected chi connectivity index (χ2v) is 5.10. The van der Waals surface area contributed by atoms with Crippen LogP contribution in [0.3, 0.4) is 0 Å². The number of hydrogen-bond donors (Lipinski definition) is 1. The lowest BCUT2D eigenvalue weighted by molar-refractivity contribution is -0.125.